The van der Waals surface area contributed by atoms with E-state index in [1.54, 1.807) is 18.2 Å². The van der Waals surface area contributed by atoms with Gasteiger partial charge in [-0.2, -0.15) is 0 Å². The van der Waals surface area contributed by atoms with E-state index in [1.165, 1.54) is 12.1 Å². The predicted octanol–water partition coefficient (Wildman–Crippen LogP) is 2.93. The molecule has 1 aromatic rings. The summed E-state index contributed by atoms with van der Waals surface area (Å²) in [6, 6.07) is 5.81. The molecule has 0 spiro atoms. The molecule has 0 fully saturated rings. The monoisotopic (exact) mass is 290 g/mol. The van der Waals surface area contributed by atoms with Crippen molar-refractivity contribution in [3.8, 4) is 5.75 Å². The van der Waals surface area contributed by atoms with E-state index in [-0.39, 0.29) is 23.1 Å². The fourth-order valence-electron chi connectivity index (χ4n) is 1.88. The van der Waals surface area contributed by atoms with Crippen molar-refractivity contribution >= 4 is 11.9 Å². The molecule has 2 unspecified atom stereocenters. The number of hydrogen-bond acceptors (Lipinski definition) is 3. The first-order valence-corrected chi connectivity index (χ1v) is 6.43. The second-order valence-corrected chi connectivity index (χ2v) is 4.77. The van der Waals surface area contributed by atoms with Gasteiger partial charge in [-0.05, 0) is 25.0 Å². The summed E-state index contributed by atoms with van der Waals surface area (Å²) in [4.78, 5) is 20.9. The van der Waals surface area contributed by atoms with Gasteiger partial charge in [-0.25, -0.2) is 4.79 Å². The molecule has 5 nitrogen and oxygen atoms in total. The minimum atomic E-state index is -1.11. The van der Waals surface area contributed by atoms with Gasteiger partial charge >= 0.3 is 11.9 Å². The van der Waals surface area contributed by atoms with Crippen LogP contribution >= 0.6 is 0 Å². The van der Waals surface area contributed by atoms with Crippen molar-refractivity contribution in [1.29, 1.82) is 0 Å². The molecule has 3 N–H and O–H groups in total. The second-order valence-electron chi connectivity index (χ2n) is 4.77. The first kappa shape index (κ1) is 16.5. The summed E-state index contributed by atoms with van der Waals surface area (Å²) < 4.78 is 0. The van der Waals surface area contributed by atoms with Gasteiger partial charge in [0.25, 0.3) is 0 Å². The maximum atomic E-state index is 10.6. The molecule has 0 radical (unpaired) electrons. The fraction of sp³-hybridized carbons (Fsp3) is 0.250. The summed E-state index contributed by atoms with van der Waals surface area (Å²) in [5, 5.41) is 26.1. The molecule has 0 amide bonds. The van der Waals surface area contributed by atoms with Crippen LogP contribution < -0.4 is 0 Å². The number of aromatic hydroxyl groups is 1. The highest BCUT2D eigenvalue weighted by Crippen LogP contribution is 2.25. The lowest BCUT2D eigenvalue weighted by Gasteiger charge is -2.20. The Bertz CT molecular complexity index is 586. The Kier molecular flexibility index (Phi) is 5.72. The normalized spacial score (nSPS) is 20.0. The number of phenols is 1. The van der Waals surface area contributed by atoms with E-state index in [1.807, 2.05) is 26.0 Å². The number of hydrogen-bond donors (Lipinski definition) is 3. The number of para-hydroxylation sites is 1. The molecule has 0 aromatic heterocycles. The topological polar surface area (TPSA) is 94.8 Å². The highest BCUT2D eigenvalue weighted by molar-refractivity contribution is 5.90. The Hall–Kier alpha value is -2.56. The standard InChI is InChI=1S/C9H12O2.C7H6O3/c1-6-4-3-5-8(7(6)2)9(10)11;8-6-4-2-1-3-5(6)7(9)10/h3-5,7-8H,1-2H3,(H,10,11);1-4,8H,(H,9,10). The molecular weight excluding hydrogens is 272 g/mol. The van der Waals surface area contributed by atoms with Crippen LogP contribution in [-0.2, 0) is 4.79 Å². The summed E-state index contributed by atoms with van der Waals surface area (Å²) in [5.41, 5.74) is 1.07. The van der Waals surface area contributed by atoms with Gasteiger partial charge in [-0.1, -0.05) is 42.9 Å². The zero-order chi connectivity index (χ0) is 16.0. The number of carboxylic acid groups (broad SMARTS) is 2. The summed E-state index contributed by atoms with van der Waals surface area (Å²) in [6.45, 7) is 3.90. The van der Waals surface area contributed by atoms with Crippen LogP contribution in [0.1, 0.15) is 24.2 Å². The first-order chi connectivity index (χ1) is 9.84. The number of rotatable bonds is 2. The molecule has 112 valence electrons. The number of carboxylic acids is 2. The van der Waals surface area contributed by atoms with Gasteiger partial charge in [0.05, 0.1) is 5.92 Å². The molecule has 1 aliphatic carbocycles. The van der Waals surface area contributed by atoms with Crippen molar-refractivity contribution in [1.82, 2.24) is 0 Å². The molecule has 0 heterocycles. The van der Waals surface area contributed by atoms with Crippen LogP contribution in [0.2, 0.25) is 0 Å². The number of carbonyl (C=O) groups is 2. The lowest BCUT2D eigenvalue weighted by atomic mass is 9.84. The molecule has 1 aromatic carbocycles. The Morgan fingerprint density at radius 3 is 2.19 bits per heavy atom. The summed E-state index contributed by atoms with van der Waals surface area (Å²) in [6.07, 6.45) is 5.51. The van der Waals surface area contributed by atoms with Gasteiger partial charge in [0.1, 0.15) is 11.3 Å². The Labute approximate surface area is 122 Å². The van der Waals surface area contributed by atoms with Crippen LogP contribution in [0.4, 0.5) is 0 Å². The van der Waals surface area contributed by atoms with Gasteiger partial charge in [-0.3, -0.25) is 4.79 Å². The first-order valence-electron chi connectivity index (χ1n) is 6.43. The zero-order valence-electron chi connectivity index (χ0n) is 11.9. The molecule has 0 bridgehead atoms. The molecule has 0 saturated heterocycles. The Morgan fingerprint density at radius 2 is 1.76 bits per heavy atom. The van der Waals surface area contributed by atoms with Crippen LogP contribution in [0.15, 0.2) is 48.1 Å². The highest BCUT2D eigenvalue weighted by Gasteiger charge is 2.24. The third-order valence-corrected chi connectivity index (χ3v) is 3.35. The smallest absolute Gasteiger partial charge is 0.339 e. The van der Waals surface area contributed by atoms with Crippen molar-refractivity contribution in [3.63, 3.8) is 0 Å². The zero-order valence-corrected chi connectivity index (χ0v) is 11.9. The van der Waals surface area contributed by atoms with E-state index >= 15 is 0 Å². The largest absolute Gasteiger partial charge is 0.507 e. The molecule has 5 heteroatoms. The molecule has 0 aliphatic heterocycles. The molecule has 21 heavy (non-hydrogen) atoms. The minimum absolute atomic E-state index is 0.0671. The molecular formula is C16H18O5. The summed E-state index contributed by atoms with van der Waals surface area (Å²) in [5.74, 6) is -2.24. The number of allylic oxidation sites excluding steroid dienone is 3. The van der Waals surface area contributed by atoms with Crippen molar-refractivity contribution < 1.29 is 24.9 Å². The maximum absolute atomic E-state index is 10.6. The van der Waals surface area contributed by atoms with Crippen LogP contribution in [0.25, 0.3) is 0 Å². The van der Waals surface area contributed by atoms with Crippen molar-refractivity contribution in [2.45, 2.75) is 13.8 Å². The highest BCUT2D eigenvalue weighted by atomic mass is 16.4. The SMILES string of the molecule is CC1=CC=CC(C(=O)O)C1C.O=C(O)c1ccccc1O. The second kappa shape index (κ2) is 7.28. The number of benzene rings is 1. The van der Waals surface area contributed by atoms with E-state index < -0.39 is 11.9 Å². The van der Waals surface area contributed by atoms with Gasteiger partial charge in [-0.15, -0.1) is 0 Å². The van der Waals surface area contributed by atoms with Crippen LogP contribution in [0.3, 0.4) is 0 Å². The maximum Gasteiger partial charge on any atom is 0.339 e. The predicted molar refractivity (Wildman–Crippen MR) is 78.3 cm³/mol. The van der Waals surface area contributed by atoms with Gasteiger partial charge in [0.15, 0.2) is 0 Å². The van der Waals surface area contributed by atoms with Crippen molar-refractivity contribution in [3.05, 3.63) is 53.6 Å². The minimum Gasteiger partial charge on any atom is -0.507 e. The van der Waals surface area contributed by atoms with Crippen LogP contribution in [-0.4, -0.2) is 27.3 Å². The fourth-order valence-corrected chi connectivity index (χ4v) is 1.88. The van der Waals surface area contributed by atoms with Gasteiger partial charge < -0.3 is 15.3 Å². The lowest BCUT2D eigenvalue weighted by Crippen LogP contribution is -2.21. The number of aliphatic carboxylic acids is 1. The average Bonchev–Trinajstić information content (AvgIpc) is 2.42. The molecule has 2 atom stereocenters. The van der Waals surface area contributed by atoms with Crippen molar-refractivity contribution in [2.75, 3.05) is 0 Å². The quantitative estimate of drug-likeness (QED) is 0.778. The van der Waals surface area contributed by atoms with Gasteiger partial charge in [0, 0.05) is 0 Å². The molecule has 2 rings (SSSR count). The van der Waals surface area contributed by atoms with Crippen molar-refractivity contribution in [2.24, 2.45) is 11.8 Å². The van der Waals surface area contributed by atoms with Gasteiger partial charge in [0.2, 0.25) is 0 Å². The average molecular weight is 290 g/mol. The van der Waals surface area contributed by atoms with Crippen LogP contribution in [0.5, 0.6) is 5.75 Å². The number of aromatic carboxylic acids is 1. The summed E-state index contributed by atoms with van der Waals surface area (Å²) >= 11 is 0. The van der Waals surface area contributed by atoms with Crippen LogP contribution in [0, 0.1) is 11.8 Å². The van der Waals surface area contributed by atoms with E-state index in [0.29, 0.717) is 0 Å². The van der Waals surface area contributed by atoms with E-state index in [0.717, 1.165) is 5.57 Å². The summed E-state index contributed by atoms with van der Waals surface area (Å²) in [7, 11) is 0. The van der Waals surface area contributed by atoms with E-state index in [9.17, 15) is 9.59 Å². The molecule has 1 aliphatic rings. The van der Waals surface area contributed by atoms with E-state index in [4.69, 9.17) is 15.3 Å². The third-order valence-electron chi connectivity index (χ3n) is 3.35. The van der Waals surface area contributed by atoms with E-state index in [2.05, 4.69) is 0 Å². The lowest BCUT2D eigenvalue weighted by molar-refractivity contribution is -0.141. The Morgan fingerprint density at radius 1 is 1.14 bits per heavy atom. The third kappa shape index (κ3) is 4.49. The molecule has 0 saturated carbocycles. The Balaban J connectivity index is 0.000000211.